The summed E-state index contributed by atoms with van der Waals surface area (Å²) in [5.41, 5.74) is 1.95. The minimum Gasteiger partial charge on any atom is -0.464 e. The summed E-state index contributed by atoms with van der Waals surface area (Å²) in [7, 11) is 0. The predicted octanol–water partition coefficient (Wildman–Crippen LogP) is 4.03. The van der Waals surface area contributed by atoms with Crippen molar-refractivity contribution in [1.82, 2.24) is 10.2 Å². The van der Waals surface area contributed by atoms with Crippen LogP contribution in [-0.2, 0) is 0 Å². The van der Waals surface area contributed by atoms with E-state index in [9.17, 15) is 4.79 Å². The van der Waals surface area contributed by atoms with Gasteiger partial charge in [-0.05, 0) is 56.1 Å². The van der Waals surface area contributed by atoms with Gasteiger partial charge in [0.2, 0.25) is 0 Å². The van der Waals surface area contributed by atoms with Crippen molar-refractivity contribution < 1.29 is 13.6 Å². The van der Waals surface area contributed by atoms with E-state index in [1.54, 1.807) is 12.3 Å². The highest BCUT2D eigenvalue weighted by atomic mass is 16.4. The summed E-state index contributed by atoms with van der Waals surface area (Å²) in [6.07, 6.45) is 4.02. The number of piperidine rings is 3. The lowest BCUT2D eigenvalue weighted by Crippen LogP contribution is -2.57. The second kappa shape index (κ2) is 6.74. The summed E-state index contributed by atoms with van der Waals surface area (Å²) in [5, 5.41) is 3.17. The van der Waals surface area contributed by atoms with Gasteiger partial charge in [-0.25, -0.2) is 0 Å². The van der Waals surface area contributed by atoms with Crippen LogP contribution in [0.3, 0.4) is 0 Å². The molecule has 1 atom stereocenters. The number of benzene rings is 1. The summed E-state index contributed by atoms with van der Waals surface area (Å²) < 4.78 is 11.2. The van der Waals surface area contributed by atoms with Crippen LogP contribution >= 0.6 is 0 Å². The average molecular weight is 362 g/mol. The minimum absolute atomic E-state index is 0.118. The molecule has 1 N–H and O–H groups in total. The highest BCUT2D eigenvalue weighted by molar-refractivity contribution is 5.92. The van der Waals surface area contributed by atoms with Crippen LogP contribution in [0.1, 0.15) is 23.4 Å². The Balaban J connectivity index is 1.28. The molecule has 5 nitrogen and oxygen atoms in total. The van der Waals surface area contributed by atoms with Crippen LogP contribution in [-0.4, -0.2) is 36.5 Å². The number of fused-ring (bicyclic) bond motifs is 3. The summed E-state index contributed by atoms with van der Waals surface area (Å²) in [4.78, 5) is 15.0. The van der Waals surface area contributed by atoms with E-state index in [1.807, 2.05) is 42.5 Å². The number of hydrogen-bond donors (Lipinski definition) is 1. The molecule has 0 spiro atoms. The van der Waals surface area contributed by atoms with Crippen LogP contribution in [0, 0.1) is 5.92 Å². The number of amides is 1. The summed E-state index contributed by atoms with van der Waals surface area (Å²) in [6.45, 7) is 3.28. The van der Waals surface area contributed by atoms with Gasteiger partial charge in [-0.15, -0.1) is 0 Å². The number of nitrogens with zero attached hydrogens (tertiary/aromatic N) is 1. The van der Waals surface area contributed by atoms with Gasteiger partial charge in [0.15, 0.2) is 5.76 Å². The van der Waals surface area contributed by atoms with Gasteiger partial charge < -0.3 is 19.1 Å². The largest absolute Gasteiger partial charge is 0.464 e. The third kappa shape index (κ3) is 3.19. The quantitative estimate of drug-likeness (QED) is 0.761. The lowest BCUT2D eigenvalue weighted by atomic mass is 9.84. The van der Waals surface area contributed by atoms with Crippen LogP contribution in [0.25, 0.3) is 22.6 Å². The molecule has 5 heterocycles. The maximum Gasteiger partial charge on any atom is 0.287 e. The first-order valence-corrected chi connectivity index (χ1v) is 9.54. The average Bonchev–Trinajstić information content (AvgIpc) is 3.41. The number of hydrogen-bond acceptors (Lipinski definition) is 4. The topological polar surface area (TPSA) is 58.6 Å². The molecule has 3 aliphatic heterocycles. The normalized spacial score (nSPS) is 24.1. The third-order valence-electron chi connectivity index (χ3n) is 5.78. The Hall–Kier alpha value is -2.79. The molecule has 27 heavy (non-hydrogen) atoms. The van der Waals surface area contributed by atoms with Crippen molar-refractivity contribution in [2.24, 2.45) is 5.92 Å². The van der Waals surface area contributed by atoms with Gasteiger partial charge >= 0.3 is 0 Å². The molecule has 3 aromatic rings. The van der Waals surface area contributed by atoms with E-state index in [-0.39, 0.29) is 11.9 Å². The Morgan fingerprint density at radius 1 is 0.963 bits per heavy atom. The minimum atomic E-state index is -0.118. The molecule has 0 radical (unpaired) electrons. The zero-order valence-corrected chi connectivity index (χ0v) is 15.1. The number of carbonyl (C=O) groups is 1. The van der Waals surface area contributed by atoms with E-state index < -0.39 is 0 Å². The Kier molecular flexibility index (Phi) is 4.09. The molecule has 1 amide bonds. The van der Waals surface area contributed by atoms with Crippen LogP contribution in [0.4, 0.5) is 0 Å². The van der Waals surface area contributed by atoms with Gasteiger partial charge in [0, 0.05) is 23.7 Å². The van der Waals surface area contributed by atoms with E-state index in [0.29, 0.717) is 17.4 Å². The van der Waals surface area contributed by atoms with Crippen molar-refractivity contribution in [3.63, 3.8) is 0 Å². The van der Waals surface area contributed by atoms with E-state index in [4.69, 9.17) is 8.83 Å². The molecule has 0 aliphatic carbocycles. The second-order valence-electron chi connectivity index (χ2n) is 7.44. The molecule has 3 aliphatic rings. The van der Waals surface area contributed by atoms with E-state index in [0.717, 1.165) is 36.5 Å². The predicted molar refractivity (Wildman–Crippen MR) is 102 cm³/mol. The fourth-order valence-corrected chi connectivity index (χ4v) is 4.22. The van der Waals surface area contributed by atoms with Gasteiger partial charge in [-0.3, -0.25) is 4.79 Å². The number of furan rings is 2. The monoisotopic (exact) mass is 362 g/mol. The van der Waals surface area contributed by atoms with Crippen LogP contribution in [0.5, 0.6) is 0 Å². The molecule has 1 unspecified atom stereocenters. The van der Waals surface area contributed by atoms with Crippen molar-refractivity contribution in [1.29, 1.82) is 0 Å². The fourth-order valence-electron chi connectivity index (χ4n) is 4.22. The molecule has 138 valence electrons. The summed E-state index contributed by atoms with van der Waals surface area (Å²) >= 11 is 0. The lowest BCUT2D eigenvalue weighted by molar-refractivity contribution is 0.0606. The van der Waals surface area contributed by atoms with Gasteiger partial charge in [0.1, 0.15) is 11.5 Å². The number of rotatable bonds is 4. The number of carbonyl (C=O) groups excluding carboxylic acids is 1. The fraction of sp³-hybridized carbons (Fsp3) is 0.318. The maximum atomic E-state index is 12.6. The van der Waals surface area contributed by atoms with Gasteiger partial charge in [-0.2, -0.15) is 0 Å². The Bertz CT molecular complexity index is 919. The second-order valence-corrected chi connectivity index (χ2v) is 7.44. The molecule has 5 heteroatoms. The van der Waals surface area contributed by atoms with Crippen molar-refractivity contribution in [2.45, 2.75) is 18.9 Å². The van der Waals surface area contributed by atoms with Crippen molar-refractivity contribution >= 4 is 5.91 Å². The van der Waals surface area contributed by atoms with Crippen molar-refractivity contribution in [3.8, 4) is 22.6 Å². The maximum absolute atomic E-state index is 12.6. The first kappa shape index (κ1) is 16.4. The number of nitrogens with one attached hydrogen (secondary N) is 1. The smallest absolute Gasteiger partial charge is 0.287 e. The van der Waals surface area contributed by atoms with Gasteiger partial charge in [-0.1, -0.05) is 24.3 Å². The Morgan fingerprint density at radius 2 is 1.70 bits per heavy atom. The lowest BCUT2D eigenvalue weighted by Gasteiger charge is -2.44. The molecule has 3 fully saturated rings. The van der Waals surface area contributed by atoms with E-state index >= 15 is 0 Å². The van der Waals surface area contributed by atoms with Gasteiger partial charge in [0.05, 0.1) is 6.26 Å². The molecule has 2 aromatic heterocycles. The van der Waals surface area contributed by atoms with Crippen LogP contribution < -0.4 is 5.32 Å². The first-order chi connectivity index (χ1) is 13.3. The summed E-state index contributed by atoms with van der Waals surface area (Å²) in [5.74, 6) is 2.38. The highest BCUT2D eigenvalue weighted by Gasteiger charge is 2.35. The Morgan fingerprint density at radius 3 is 2.33 bits per heavy atom. The molecule has 6 rings (SSSR count). The SMILES string of the molecule is O=C(NC1CN2CCC1CC2)c1ccc(-c2ccc(-c3ccco3)cc2)o1. The highest BCUT2D eigenvalue weighted by Crippen LogP contribution is 2.29. The summed E-state index contributed by atoms with van der Waals surface area (Å²) in [6, 6.07) is 15.6. The third-order valence-corrected chi connectivity index (χ3v) is 5.78. The zero-order valence-electron chi connectivity index (χ0n) is 15.1. The first-order valence-electron chi connectivity index (χ1n) is 9.54. The molecule has 1 aromatic carbocycles. The van der Waals surface area contributed by atoms with Crippen LogP contribution in [0.15, 0.2) is 63.6 Å². The zero-order chi connectivity index (χ0) is 18.2. The molecular weight excluding hydrogens is 340 g/mol. The molecule has 3 saturated heterocycles. The van der Waals surface area contributed by atoms with Crippen molar-refractivity contribution in [2.75, 3.05) is 19.6 Å². The Labute approximate surface area is 158 Å². The van der Waals surface area contributed by atoms with E-state index in [1.165, 1.54) is 12.8 Å². The van der Waals surface area contributed by atoms with Gasteiger partial charge in [0.25, 0.3) is 5.91 Å². The molecular formula is C22H22N2O3. The molecule has 2 bridgehead atoms. The van der Waals surface area contributed by atoms with Crippen molar-refractivity contribution in [3.05, 3.63) is 60.6 Å². The van der Waals surface area contributed by atoms with E-state index in [2.05, 4.69) is 10.2 Å². The molecule has 0 saturated carbocycles. The standard InChI is InChI=1S/C22H22N2O3/c25-22(23-18-14-24-11-9-15(18)10-12-24)21-8-7-20(27-21)17-5-3-16(4-6-17)19-2-1-13-26-19/h1-8,13,15,18H,9-12,14H2,(H,23,25). The van der Waals surface area contributed by atoms with Crippen LogP contribution in [0.2, 0.25) is 0 Å².